The molecule has 0 spiro atoms. The predicted molar refractivity (Wildman–Crippen MR) is 195 cm³/mol. The summed E-state index contributed by atoms with van der Waals surface area (Å²) in [6.07, 6.45) is 0.540. The summed E-state index contributed by atoms with van der Waals surface area (Å²) >= 11 is 0. The van der Waals surface area contributed by atoms with Crippen LogP contribution in [0.1, 0.15) is 95.1 Å². The molecule has 2 atom stereocenters. The Hall–Kier alpha value is -4.65. The molecule has 0 bridgehead atoms. The number of piperidine rings is 1. The molecule has 4 amide bonds. The Morgan fingerprint density at radius 3 is 2.50 bits per heavy atom. The number of aryl methyl sites for hydroxylation is 1. The fourth-order valence-electron chi connectivity index (χ4n) is 6.48. The maximum absolute atomic E-state index is 14.3. The minimum absolute atomic E-state index is 0.121. The molecule has 1 unspecified atom stereocenters. The zero-order valence-electron chi connectivity index (χ0n) is 31.6. The normalized spacial score (nSPS) is 17.2. The molecule has 2 aromatic carbocycles. The van der Waals surface area contributed by atoms with E-state index in [9.17, 15) is 24.0 Å². The second-order valence-electron chi connectivity index (χ2n) is 14.0. The van der Waals surface area contributed by atoms with Crippen molar-refractivity contribution in [1.29, 1.82) is 0 Å². The fourth-order valence-corrected chi connectivity index (χ4v) is 6.48. The largest absolute Gasteiger partial charge is 0.476 e. The van der Waals surface area contributed by atoms with E-state index in [4.69, 9.17) is 18.9 Å². The molecule has 1 N–H and O–H groups in total. The van der Waals surface area contributed by atoms with Crippen molar-refractivity contribution in [1.82, 2.24) is 15.1 Å². The average molecular weight is 723 g/mol. The highest BCUT2D eigenvalue weighted by molar-refractivity contribution is 6.05. The van der Waals surface area contributed by atoms with Gasteiger partial charge in [-0.2, -0.15) is 0 Å². The van der Waals surface area contributed by atoms with E-state index in [2.05, 4.69) is 5.32 Å². The zero-order chi connectivity index (χ0) is 38.0. The number of hydrogen-bond donors (Lipinski definition) is 1. The van der Waals surface area contributed by atoms with Crippen LogP contribution in [0.15, 0.2) is 42.5 Å². The van der Waals surface area contributed by atoms with E-state index in [-0.39, 0.29) is 55.9 Å². The second kappa shape index (κ2) is 18.2. The number of nitrogens with zero attached hydrogens (tertiary/aromatic N) is 3. The summed E-state index contributed by atoms with van der Waals surface area (Å²) in [4.78, 5) is 70.2. The molecule has 1 fully saturated rings. The highest BCUT2D eigenvalue weighted by Gasteiger charge is 2.42. The van der Waals surface area contributed by atoms with Gasteiger partial charge in [0.2, 0.25) is 12.2 Å². The standard InChI is InChI=1S/C39H54N4O9/c1-8-34(44)40-18-20-42-32-23-31(27(4)22-33(32)52-39(6,7)37(42)47)36(46)43(26(2)3)30-16-12-19-41(24-30)38(48)51-28(5)50-35(45)17-13-21-49-25-29-14-10-9-11-15-29/h9-11,14-15,22-23,26,28,30H,8,12-13,16-21,24-25H2,1-7H3,(H,40,44)/t28?,30-/m1/s1. The van der Waals surface area contributed by atoms with E-state index < -0.39 is 24.0 Å². The Labute approximate surface area is 306 Å². The number of rotatable bonds is 15. The van der Waals surface area contributed by atoms with E-state index >= 15 is 0 Å². The van der Waals surface area contributed by atoms with Crippen LogP contribution in [0.3, 0.4) is 0 Å². The van der Waals surface area contributed by atoms with Crippen molar-refractivity contribution in [3.8, 4) is 5.75 Å². The molecule has 52 heavy (non-hydrogen) atoms. The number of carbonyl (C=O) groups is 5. The van der Waals surface area contributed by atoms with Gasteiger partial charge in [-0.05, 0) is 77.1 Å². The van der Waals surface area contributed by atoms with E-state index in [0.29, 0.717) is 68.0 Å². The van der Waals surface area contributed by atoms with Gasteiger partial charge < -0.3 is 39.0 Å². The molecule has 2 aliphatic heterocycles. The van der Waals surface area contributed by atoms with Crippen LogP contribution in [-0.4, -0.2) is 96.3 Å². The molecule has 2 heterocycles. The Morgan fingerprint density at radius 1 is 1.08 bits per heavy atom. The van der Waals surface area contributed by atoms with Crippen LogP contribution in [0.5, 0.6) is 5.75 Å². The topological polar surface area (TPSA) is 144 Å². The molecule has 0 radical (unpaired) electrons. The number of esters is 1. The van der Waals surface area contributed by atoms with Gasteiger partial charge in [0, 0.05) is 64.2 Å². The number of nitrogens with one attached hydrogen (secondary N) is 1. The lowest BCUT2D eigenvalue weighted by Crippen LogP contribution is -2.55. The van der Waals surface area contributed by atoms with Gasteiger partial charge in [-0.1, -0.05) is 37.3 Å². The highest BCUT2D eigenvalue weighted by Crippen LogP contribution is 2.40. The number of likely N-dealkylation sites (tertiary alicyclic amines) is 1. The maximum Gasteiger partial charge on any atom is 0.412 e. The molecule has 13 heteroatoms. The first-order valence-corrected chi connectivity index (χ1v) is 18.2. The molecule has 4 rings (SSSR count). The Kier molecular flexibility index (Phi) is 14.1. The van der Waals surface area contributed by atoms with Crippen molar-refractivity contribution in [3.05, 3.63) is 59.2 Å². The average Bonchev–Trinajstić information content (AvgIpc) is 3.09. The third kappa shape index (κ3) is 10.5. The van der Waals surface area contributed by atoms with Crippen LogP contribution >= 0.6 is 0 Å². The summed E-state index contributed by atoms with van der Waals surface area (Å²) < 4.78 is 22.5. The lowest BCUT2D eigenvalue weighted by atomic mass is 9.97. The molecule has 1 saturated heterocycles. The number of carbonyl (C=O) groups excluding carboxylic acids is 5. The van der Waals surface area contributed by atoms with Crippen molar-refractivity contribution < 1.29 is 42.9 Å². The van der Waals surface area contributed by atoms with E-state index in [1.807, 2.05) is 51.1 Å². The van der Waals surface area contributed by atoms with Gasteiger partial charge in [-0.15, -0.1) is 0 Å². The molecule has 13 nitrogen and oxygen atoms in total. The SMILES string of the molecule is CCC(=O)NCCN1C(=O)C(C)(C)Oc2cc(C)c(C(=O)N(C(C)C)[C@@H]3CCCN(C(=O)OC(C)OC(=O)CCCOCc4ccccc4)C3)cc21. The van der Waals surface area contributed by atoms with Gasteiger partial charge in [0.1, 0.15) is 5.75 Å². The first-order valence-electron chi connectivity index (χ1n) is 18.2. The minimum atomic E-state index is -1.13. The van der Waals surface area contributed by atoms with Gasteiger partial charge in [0.25, 0.3) is 11.8 Å². The molecule has 284 valence electrons. The minimum Gasteiger partial charge on any atom is -0.476 e. The number of hydrogen-bond acceptors (Lipinski definition) is 9. The Bertz CT molecular complexity index is 1580. The molecule has 0 saturated carbocycles. The lowest BCUT2D eigenvalue weighted by molar-refractivity contribution is -0.166. The van der Waals surface area contributed by atoms with Gasteiger partial charge in [0.05, 0.1) is 18.3 Å². The Balaban J connectivity index is 1.37. The maximum atomic E-state index is 14.3. The molecular weight excluding hydrogens is 668 g/mol. The molecule has 2 aliphatic rings. The predicted octanol–water partition coefficient (Wildman–Crippen LogP) is 5.36. The zero-order valence-corrected chi connectivity index (χ0v) is 31.6. The summed E-state index contributed by atoms with van der Waals surface area (Å²) in [6.45, 7) is 14.3. The van der Waals surface area contributed by atoms with E-state index in [1.54, 1.807) is 47.6 Å². The second-order valence-corrected chi connectivity index (χ2v) is 14.0. The smallest absolute Gasteiger partial charge is 0.412 e. The van der Waals surface area contributed by atoms with Crippen molar-refractivity contribution >= 4 is 35.5 Å². The monoisotopic (exact) mass is 722 g/mol. The number of amides is 4. The number of benzene rings is 2. The van der Waals surface area contributed by atoms with Crippen molar-refractivity contribution in [2.24, 2.45) is 0 Å². The molecule has 0 aromatic heterocycles. The number of anilines is 1. The van der Waals surface area contributed by atoms with Crippen LogP contribution in [0.2, 0.25) is 0 Å². The van der Waals surface area contributed by atoms with Crippen molar-refractivity contribution in [3.63, 3.8) is 0 Å². The molecular formula is C39H54N4O9. The summed E-state index contributed by atoms with van der Waals surface area (Å²) in [7, 11) is 0. The van der Waals surface area contributed by atoms with Crippen LogP contribution in [0, 0.1) is 6.92 Å². The first kappa shape index (κ1) is 40.1. The van der Waals surface area contributed by atoms with Crippen LogP contribution in [-0.2, 0) is 35.2 Å². The van der Waals surface area contributed by atoms with Crippen LogP contribution in [0.25, 0.3) is 0 Å². The summed E-state index contributed by atoms with van der Waals surface area (Å²) in [5.41, 5.74) is 1.48. The van der Waals surface area contributed by atoms with Crippen molar-refractivity contribution in [2.45, 2.75) is 111 Å². The number of fused-ring (bicyclic) bond motifs is 1. The highest BCUT2D eigenvalue weighted by atomic mass is 16.7. The summed E-state index contributed by atoms with van der Waals surface area (Å²) in [6, 6.07) is 12.7. The van der Waals surface area contributed by atoms with Gasteiger partial charge in [-0.3, -0.25) is 19.2 Å². The third-order valence-corrected chi connectivity index (χ3v) is 9.12. The van der Waals surface area contributed by atoms with Gasteiger partial charge in [-0.25, -0.2) is 4.79 Å². The molecule has 0 aliphatic carbocycles. The van der Waals surface area contributed by atoms with Crippen molar-refractivity contribution in [2.75, 3.05) is 37.7 Å². The fraction of sp³-hybridized carbons (Fsp3) is 0.564. The van der Waals surface area contributed by atoms with Crippen LogP contribution < -0.4 is 15.0 Å². The first-order chi connectivity index (χ1) is 24.7. The quantitative estimate of drug-likeness (QED) is 0.146. The van der Waals surface area contributed by atoms with Gasteiger partial charge >= 0.3 is 12.1 Å². The molecule has 2 aromatic rings. The van der Waals surface area contributed by atoms with E-state index in [1.165, 1.54) is 6.92 Å². The summed E-state index contributed by atoms with van der Waals surface area (Å²) in [5, 5.41) is 2.81. The van der Waals surface area contributed by atoms with Crippen LogP contribution in [0.4, 0.5) is 10.5 Å². The number of ether oxygens (including phenoxy) is 4. The third-order valence-electron chi connectivity index (χ3n) is 9.12. The Morgan fingerprint density at radius 2 is 1.81 bits per heavy atom. The van der Waals surface area contributed by atoms with E-state index in [0.717, 1.165) is 5.56 Å². The lowest BCUT2D eigenvalue weighted by Gasteiger charge is -2.42. The summed E-state index contributed by atoms with van der Waals surface area (Å²) in [5.74, 6) is -0.638. The van der Waals surface area contributed by atoms with Gasteiger partial charge in [0.15, 0.2) is 5.60 Å².